The molecule has 94 valence electrons. The molecule has 1 unspecified atom stereocenters. The molecule has 1 aliphatic carbocycles. The first-order valence-electron chi connectivity index (χ1n) is 6.48. The minimum absolute atomic E-state index is 0.157. The summed E-state index contributed by atoms with van der Waals surface area (Å²) in [5.41, 5.74) is 0.157. The molecule has 0 bridgehead atoms. The molecular weight excluding hydrogens is 214 g/mol. The molecule has 1 fully saturated rings. The fraction of sp³-hybridized carbons (Fsp3) is 0.714. The van der Waals surface area contributed by atoms with Crippen LogP contribution in [0, 0.1) is 23.2 Å². The zero-order chi connectivity index (χ0) is 12.7. The Balaban J connectivity index is 2.63. The van der Waals surface area contributed by atoms with E-state index < -0.39 is 5.97 Å². The summed E-state index contributed by atoms with van der Waals surface area (Å²) >= 11 is 0. The Morgan fingerprint density at radius 2 is 2.12 bits per heavy atom. The number of rotatable bonds is 4. The summed E-state index contributed by atoms with van der Waals surface area (Å²) in [4.78, 5) is 11.5. The molecule has 1 aliphatic rings. The van der Waals surface area contributed by atoms with Crippen molar-refractivity contribution in [2.24, 2.45) is 11.8 Å². The van der Waals surface area contributed by atoms with Crippen molar-refractivity contribution in [1.29, 1.82) is 5.26 Å². The maximum Gasteiger partial charge on any atom is 0.348 e. The first-order chi connectivity index (χ1) is 8.19. The standard InChI is InChI=1S/C14H21NO2/c1-3-17-14(16)13(10-15)9-11(2)12-7-5-4-6-8-12/h9,11-12H,3-8H2,1-2H3/b13-9+. The molecule has 0 aromatic carbocycles. The van der Waals surface area contributed by atoms with Gasteiger partial charge in [-0.2, -0.15) is 5.26 Å². The van der Waals surface area contributed by atoms with Gasteiger partial charge in [0.2, 0.25) is 0 Å². The number of nitrogens with zero attached hydrogens (tertiary/aromatic N) is 1. The van der Waals surface area contributed by atoms with E-state index in [-0.39, 0.29) is 11.5 Å². The van der Waals surface area contributed by atoms with E-state index in [0.29, 0.717) is 12.5 Å². The van der Waals surface area contributed by atoms with Crippen LogP contribution < -0.4 is 0 Å². The van der Waals surface area contributed by atoms with Crippen LogP contribution in [0.4, 0.5) is 0 Å². The molecular formula is C14H21NO2. The van der Waals surface area contributed by atoms with Crippen molar-refractivity contribution in [3.63, 3.8) is 0 Å². The van der Waals surface area contributed by atoms with Crippen molar-refractivity contribution in [2.45, 2.75) is 46.0 Å². The topological polar surface area (TPSA) is 50.1 Å². The van der Waals surface area contributed by atoms with Crippen LogP contribution >= 0.6 is 0 Å². The predicted octanol–water partition coefficient (Wildman–Crippen LogP) is 3.22. The highest BCUT2D eigenvalue weighted by Gasteiger charge is 2.20. The number of nitriles is 1. The van der Waals surface area contributed by atoms with Crippen LogP contribution in [0.25, 0.3) is 0 Å². The van der Waals surface area contributed by atoms with Gasteiger partial charge in [-0.3, -0.25) is 0 Å². The predicted molar refractivity (Wildman–Crippen MR) is 66.1 cm³/mol. The third kappa shape index (κ3) is 4.22. The first-order valence-corrected chi connectivity index (χ1v) is 6.48. The van der Waals surface area contributed by atoms with Crippen LogP contribution in [0.3, 0.4) is 0 Å². The monoisotopic (exact) mass is 235 g/mol. The minimum Gasteiger partial charge on any atom is -0.462 e. The van der Waals surface area contributed by atoms with Crippen molar-refractivity contribution in [3.8, 4) is 6.07 Å². The van der Waals surface area contributed by atoms with Gasteiger partial charge in [0.05, 0.1) is 6.61 Å². The largest absolute Gasteiger partial charge is 0.462 e. The Morgan fingerprint density at radius 1 is 1.47 bits per heavy atom. The molecule has 0 radical (unpaired) electrons. The highest BCUT2D eigenvalue weighted by atomic mass is 16.5. The molecule has 1 atom stereocenters. The van der Waals surface area contributed by atoms with Crippen LogP contribution in [0.5, 0.6) is 0 Å². The molecule has 1 rings (SSSR count). The number of esters is 1. The van der Waals surface area contributed by atoms with Crippen LogP contribution in [0.2, 0.25) is 0 Å². The zero-order valence-electron chi connectivity index (χ0n) is 10.7. The molecule has 0 aliphatic heterocycles. The second kappa shape index (κ2) is 7.11. The Morgan fingerprint density at radius 3 is 2.65 bits per heavy atom. The normalized spacial score (nSPS) is 19.5. The lowest BCUT2D eigenvalue weighted by atomic mass is 9.80. The highest BCUT2D eigenvalue weighted by Crippen LogP contribution is 2.31. The SMILES string of the molecule is CCOC(=O)/C(C#N)=C/C(C)C1CCCCC1. The Labute approximate surface area is 103 Å². The average molecular weight is 235 g/mol. The van der Waals surface area contributed by atoms with E-state index in [9.17, 15) is 4.79 Å². The maximum absolute atomic E-state index is 11.5. The summed E-state index contributed by atoms with van der Waals surface area (Å²) in [5.74, 6) is 0.411. The number of allylic oxidation sites excluding steroid dienone is 1. The molecule has 0 aromatic rings. The van der Waals surface area contributed by atoms with E-state index >= 15 is 0 Å². The van der Waals surface area contributed by atoms with Gasteiger partial charge < -0.3 is 4.74 Å². The fourth-order valence-corrected chi connectivity index (χ4v) is 2.42. The number of carbonyl (C=O) groups is 1. The molecule has 0 N–H and O–H groups in total. The molecule has 0 amide bonds. The molecule has 3 heteroatoms. The van der Waals surface area contributed by atoms with Crippen LogP contribution in [0.1, 0.15) is 46.0 Å². The zero-order valence-corrected chi connectivity index (χ0v) is 10.7. The van der Waals surface area contributed by atoms with Gasteiger partial charge >= 0.3 is 5.97 Å². The quantitative estimate of drug-likeness (QED) is 0.427. The molecule has 0 heterocycles. The second-order valence-corrected chi connectivity index (χ2v) is 4.67. The summed E-state index contributed by atoms with van der Waals surface area (Å²) in [6, 6.07) is 1.94. The van der Waals surface area contributed by atoms with Gasteiger partial charge in [0.25, 0.3) is 0 Å². The number of hydrogen-bond acceptors (Lipinski definition) is 3. The number of hydrogen-bond donors (Lipinski definition) is 0. The van der Waals surface area contributed by atoms with E-state index in [1.165, 1.54) is 32.1 Å². The van der Waals surface area contributed by atoms with Crippen LogP contribution in [0.15, 0.2) is 11.6 Å². The van der Waals surface area contributed by atoms with E-state index in [1.807, 2.05) is 6.07 Å². The molecule has 0 aromatic heterocycles. The Kier molecular flexibility index (Phi) is 5.76. The van der Waals surface area contributed by atoms with Gasteiger partial charge in [0, 0.05) is 0 Å². The lowest BCUT2D eigenvalue weighted by molar-refractivity contribution is -0.138. The summed E-state index contributed by atoms with van der Waals surface area (Å²) < 4.78 is 4.85. The van der Waals surface area contributed by atoms with Crippen molar-refractivity contribution in [1.82, 2.24) is 0 Å². The van der Waals surface area contributed by atoms with Crippen molar-refractivity contribution >= 4 is 5.97 Å². The van der Waals surface area contributed by atoms with Gasteiger partial charge in [-0.1, -0.05) is 32.3 Å². The molecule has 1 saturated carbocycles. The lowest BCUT2D eigenvalue weighted by Gasteiger charge is -2.25. The van der Waals surface area contributed by atoms with Gasteiger partial charge in [0.1, 0.15) is 11.6 Å². The van der Waals surface area contributed by atoms with E-state index in [4.69, 9.17) is 10.00 Å². The average Bonchev–Trinajstić information content (AvgIpc) is 2.37. The Hall–Kier alpha value is -1.30. The fourth-order valence-electron chi connectivity index (χ4n) is 2.42. The summed E-state index contributed by atoms with van der Waals surface area (Å²) in [6.07, 6.45) is 8.05. The van der Waals surface area contributed by atoms with E-state index in [0.717, 1.165) is 0 Å². The maximum atomic E-state index is 11.5. The third-order valence-electron chi connectivity index (χ3n) is 3.44. The molecule has 17 heavy (non-hydrogen) atoms. The molecule has 0 spiro atoms. The minimum atomic E-state index is -0.488. The summed E-state index contributed by atoms with van der Waals surface area (Å²) in [7, 11) is 0. The van der Waals surface area contributed by atoms with Crippen LogP contribution in [-0.4, -0.2) is 12.6 Å². The smallest absolute Gasteiger partial charge is 0.348 e. The van der Waals surface area contributed by atoms with E-state index in [1.54, 1.807) is 13.0 Å². The van der Waals surface area contributed by atoms with Gasteiger partial charge in [-0.15, -0.1) is 0 Å². The van der Waals surface area contributed by atoms with Gasteiger partial charge in [-0.25, -0.2) is 4.79 Å². The molecule has 0 saturated heterocycles. The second-order valence-electron chi connectivity index (χ2n) is 4.67. The van der Waals surface area contributed by atoms with Crippen LogP contribution in [-0.2, 0) is 9.53 Å². The first kappa shape index (κ1) is 13.8. The Bertz CT molecular complexity index is 322. The van der Waals surface area contributed by atoms with Gasteiger partial charge in [-0.05, 0) is 31.6 Å². The summed E-state index contributed by atoms with van der Waals surface area (Å²) in [6.45, 7) is 4.15. The third-order valence-corrected chi connectivity index (χ3v) is 3.44. The number of ether oxygens (including phenoxy) is 1. The van der Waals surface area contributed by atoms with E-state index in [2.05, 4.69) is 6.92 Å². The number of carbonyl (C=O) groups excluding carboxylic acids is 1. The van der Waals surface area contributed by atoms with Crippen molar-refractivity contribution in [2.75, 3.05) is 6.61 Å². The van der Waals surface area contributed by atoms with Crippen molar-refractivity contribution in [3.05, 3.63) is 11.6 Å². The van der Waals surface area contributed by atoms with Gasteiger partial charge in [0.15, 0.2) is 0 Å². The highest BCUT2D eigenvalue weighted by molar-refractivity contribution is 5.92. The summed E-state index contributed by atoms with van der Waals surface area (Å²) in [5, 5.41) is 8.95. The molecule has 3 nitrogen and oxygen atoms in total. The van der Waals surface area contributed by atoms with Crippen molar-refractivity contribution < 1.29 is 9.53 Å². The lowest BCUT2D eigenvalue weighted by Crippen LogP contribution is -2.15.